The average molecular weight is 543 g/mol. The molecular formula is C20H24F2N8O4S2. The number of hydrogen-bond donors (Lipinski definition) is 1. The topological polar surface area (TPSA) is 127 Å². The lowest BCUT2D eigenvalue weighted by Gasteiger charge is -2.44. The van der Waals surface area contributed by atoms with E-state index in [0.29, 0.717) is 49.0 Å². The number of morpholine rings is 1. The van der Waals surface area contributed by atoms with Crippen LogP contribution in [0.25, 0.3) is 16.5 Å². The van der Waals surface area contributed by atoms with E-state index in [-0.39, 0.29) is 35.0 Å². The predicted octanol–water partition coefficient (Wildman–Crippen LogP) is 0.773. The summed E-state index contributed by atoms with van der Waals surface area (Å²) >= 11 is 0.692. The Hall–Kier alpha value is -2.37. The highest BCUT2D eigenvalue weighted by Gasteiger charge is 2.39. The van der Waals surface area contributed by atoms with Crippen LogP contribution in [0.4, 0.5) is 14.5 Å². The first-order chi connectivity index (χ1) is 17.2. The van der Waals surface area contributed by atoms with E-state index in [0.717, 1.165) is 13.1 Å². The molecule has 12 nitrogen and oxygen atoms in total. The third-order valence-corrected chi connectivity index (χ3v) is 9.12. The lowest BCUT2D eigenvalue weighted by molar-refractivity contribution is -0.0523. The molecule has 0 aliphatic carbocycles. The Balaban J connectivity index is 1.45. The maximum absolute atomic E-state index is 13.4. The average Bonchev–Trinajstić information content (AvgIpc) is 3.49. The first-order valence-corrected chi connectivity index (χ1v) is 13.7. The Kier molecular flexibility index (Phi) is 5.92. The number of anilines is 1. The quantitative estimate of drug-likeness (QED) is 0.477. The Bertz CT molecular complexity index is 1390. The van der Waals surface area contributed by atoms with E-state index < -0.39 is 27.0 Å². The van der Waals surface area contributed by atoms with Gasteiger partial charge in [-0.25, -0.2) is 21.9 Å². The lowest BCUT2D eigenvalue weighted by Crippen LogP contribution is -2.59. The smallest absolute Gasteiger partial charge is 0.291 e. The highest BCUT2D eigenvalue weighted by atomic mass is 32.2. The highest BCUT2D eigenvalue weighted by molar-refractivity contribution is 7.89. The Morgan fingerprint density at radius 2 is 2.00 bits per heavy atom. The maximum Gasteiger partial charge on any atom is 0.291 e. The number of hydrogen-bond acceptors (Lipinski definition) is 11. The number of alkyl halides is 2. The number of ether oxygens (including phenoxy) is 2. The molecule has 1 N–H and O–H groups in total. The number of halogens is 2. The van der Waals surface area contributed by atoms with Gasteiger partial charge in [-0.15, -0.1) is 20.4 Å². The molecule has 3 aliphatic rings. The van der Waals surface area contributed by atoms with Crippen LogP contribution in [0.2, 0.25) is 0 Å². The molecule has 0 aromatic carbocycles. The molecule has 3 fully saturated rings. The molecule has 3 saturated heterocycles. The summed E-state index contributed by atoms with van der Waals surface area (Å²) in [6.45, 7) is 6.51. The fraction of sp³-hybridized carbons (Fsp3) is 0.600. The third kappa shape index (κ3) is 4.24. The van der Waals surface area contributed by atoms with Crippen LogP contribution < -0.4 is 9.62 Å². The van der Waals surface area contributed by atoms with Crippen LogP contribution in [0.5, 0.6) is 0 Å². The molecule has 3 aliphatic heterocycles. The van der Waals surface area contributed by atoms with Crippen molar-refractivity contribution in [2.24, 2.45) is 0 Å². The fourth-order valence-corrected chi connectivity index (χ4v) is 6.78. The van der Waals surface area contributed by atoms with Gasteiger partial charge in [-0.05, 0) is 13.0 Å². The molecule has 16 heteroatoms. The van der Waals surface area contributed by atoms with Crippen molar-refractivity contribution in [2.75, 3.05) is 57.5 Å². The van der Waals surface area contributed by atoms with Crippen molar-refractivity contribution in [3.63, 3.8) is 0 Å². The molecule has 0 amide bonds. The second-order valence-electron chi connectivity index (χ2n) is 9.39. The highest BCUT2D eigenvalue weighted by Crippen LogP contribution is 2.33. The summed E-state index contributed by atoms with van der Waals surface area (Å²) in [6.07, 6.45) is -1.38. The SMILES string of the molecule is CC1(NS(=O)(=O)c2cc(N3CCN4CCOC[C@H]4C3)c3nnc(-c4nnc(C(F)F)s4)n3c2)COC1. The van der Waals surface area contributed by atoms with Crippen LogP contribution >= 0.6 is 11.3 Å². The van der Waals surface area contributed by atoms with Gasteiger partial charge in [-0.1, -0.05) is 11.3 Å². The van der Waals surface area contributed by atoms with Crippen LogP contribution in [-0.4, -0.2) is 102 Å². The largest absolute Gasteiger partial charge is 0.378 e. The number of nitrogens with zero attached hydrogens (tertiary/aromatic N) is 7. The van der Waals surface area contributed by atoms with E-state index in [2.05, 4.69) is 34.9 Å². The van der Waals surface area contributed by atoms with E-state index in [1.165, 1.54) is 10.6 Å². The first-order valence-electron chi connectivity index (χ1n) is 11.4. The summed E-state index contributed by atoms with van der Waals surface area (Å²) < 4.78 is 68.2. The van der Waals surface area contributed by atoms with Gasteiger partial charge in [0.2, 0.25) is 10.0 Å². The van der Waals surface area contributed by atoms with Gasteiger partial charge in [-0.3, -0.25) is 9.30 Å². The summed E-state index contributed by atoms with van der Waals surface area (Å²) in [5.74, 6) is 0.144. The molecule has 3 aromatic rings. The summed E-state index contributed by atoms with van der Waals surface area (Å²) in [5.41, 5.74) is 0.275. The van der Waals surface area contributed by atoms with Crippen LogP contribution in [-0.2, 0) is 19.5 Å². The van der Waals surface area contributed by atoms with Crippen LogP contribution in [0.1, 0.15) is 18.4 Å². The number of rotatable bonds is 6. The van der Waals surface area contributed by atoms with Crippen molar-refractivity contribution in [3.05, 3.63) is 17.3 Å². The molecular weight excluding hydrogens is 518 g/mol. The minimum atomic E-state index is -3.96. The number of fused-ring (bicyclic) bond motifs is 2. The van der Waals surface area contributed by atoms with E-state index in [1.807, 2.05) is 0 Å². The van der Waals surface area contributed by atoms with Crippen LogP contribution in [0.3, 0.4) is 0 Å². The van der Waals surface area contributed by atoms with Gasteiger partial charge in [-0.2, -0.15) is 0 Å². The number of piperazine rings is 1. The van der Waals surface area contributed by atoms with Crippen LogP contribution in [0, 0.1) is 0 Å². The summed E-state index contributed by atoms with van der Waals surface area (Å²) in [5, 5.41) is 15.5. The molecule has 0 bridgehead atoms. The Morgan fingerprint density at radius 3 is 2.72 bits per heavy atom. The number of pyridine rings is 1. The van der Waals surface area contributed by atoms with Crippen molar-refractivity contribution in [3.8, 4) is 10.8 Å². The van der Waals surface area contributed by atoms with Gasteiger partial charge in [0.15, 0.2) is 21.5 Å². The zero-order valence-corrected chi connectivity index (χ0v) is 20.9. The molecule has 6 heterocycles. The van der Waals surface area contributed by atoms with Gasteiger partial charge in [0.1, 0.15) is 4.90 Å². The fourth-order valence-electron chi connectivity index (χ4n) is 4.71. The second-order valence-corrected chi connectivity index (χ2v) is 12.1. The van der Waals surface area contributed by atoms with Crippen molar-refractivity contribution in [2.45, 2.75) is 29.8 Å². The van der Waals surface area contributed by atoms with E-state index in [9.17, 15) is 17.2 Å². The monoisotopic (exact) mass is 542 g/mol. The summed E-state index contributed by atoms with van der Waals surface area (Å²) in [4.78, 5) is 4.43. The van der Waals surface area contributed by atoms with Gasteiger partial charge in [0.25, 0.3) is 6.43 Å². The number of sulfonamides is 1. The Labute approximate surface area is 209 Å². The molecule has 6 rings (SSSR count). The van der Waals surface area contributed by atoms with Crippen molar-refractivity contribution >= 4 is 32.7 Å². The third-order valence-electron chi connectivity index (χ3n) is 6.59. The number of aromatic nitrogens is 5. The molecule has 3 aromatic heterocycles. The molecule has 0 saturated carbocycles. The van der Waals surface area contributed by atoms with Gasteiger partial charge in [0, 0.05) is 32.4 Å². The second kappa shape index (κ2) is 8.88. The van der Waals surface area contributed by atoms with E-state index in [1.54, 1.807) is 13.0 Å². The molecule has 0 radical (unpaired) electrons. The molecule has 0 spiro atoms. The number of nitrogens with one attached hydrogen (secondary N) is 1. The maximum atomic E-state index is 13.4. The lowest BCUT2D eigenvalue weighted by atomic mass is 10.0. The summed E-state index contributed by atoms with van der Waals surface area (Å²) in [7, 11) is -3.96. The molecule has 1 atom stereocenters. The molecule has 0 unspecified atom stereocenters. The molecule has 36 heavy (non-hydrogen) atoms. The van der Waals surface area contributed by atoms with Crippen molar-refractivity contribution < 1.29 is 26.7 Å². The zero-order chi connectivity index (χ0) is 25.1. The van der Waals surface area contributed by atoms with Crippen LogP contribution in [0.15, 0.2) is 17.2 Å². The zero-order valence-electron chi connectivity index (χ0n) is 19.3. The normalized spacial score (nSPS) is 22.7. The van der Waals surface area contributed by atoms with Crippen molar-refractivity contribution in [1.29, 1.82) is 0 Å². The predicted molar refractivity (Wildman–Crippen MR) is 125 cm³/mol. The van der Waals surface area contributed by atoms with E-state index >= 15 is 0 Å². The van der Waals surface area contributed by atoms with Crippen molar-refractivity contribution in [1.82, 2.24) is 34.4 Å². The minimum Gasteiger partial charge on any atom is -0.378 e. The molecule has 194 valence electrons. The minimum absolute atomic E-state index is 0.0000899. The summed E-state index contributed by atoms with van der Waals surface area (Å²) in [6, 6.07) is 1.75. The van der Waals surface area contributed by atoms with Gasteiger partial charge >= 0.3 is 0 Å². The Morgan fingerprint density at radius 1 is 1.17 bits per heavy atom. The standard InChI is InChI=1S/C20H24F2N8O4S2/c1-20(10-34-11-20)27-36(31,32)13-6-14(29-3-2-28-4-5-33-9-12(28)7-29)16-23-24-17(30(16)8-13)19-26-25-18(35-19)15(21)22/h6,8,12,15,27H,2-5,7,9-11H2,1H3/t12-/m1/s1. The van der Waals surface area contributed by atoms with Gasteiger partial charge in [0.05, 0.1) is 43.7 Å². The van der Waals surface area contributed by atoms with E-state index in [4.69, 9.17) is 9.47 Å². The first kappa shape index (κ1) is 24.0. The van der Waals surface area contributed by atoms with Gasteiger partial charge < -0.3 is 14.4 Å².